The molecule has 31 heavy (non-hydrogen) atoms. The number of aromatic nitrogens is 1. The number of hydrogen-bond acceptors (Lipinski definition) is 5. The number of hydrogen-bond donors (Lipinski definition) is 2. The Balaban J connectivity index is 1.69. The van der Waals surface area contributed by atoms with Gasteiger partial charge in [-0.1, -0.05) is 29.8 Å². The van der Waals surface area contributed by atoms with Crippen LogP contribution in [0.3, 0.4) is 0 Å². The first-order valence-electron chi connectivity index (χ1n) is 9.73. The standard InChI is InChI=1S/C22H22ClFN4O2S/c1-31(29,30)28-8-7-18-15(13-28)3-2-4-21(18)27-17-6-5-14(11-25)19(10-17)22-20(24)9-16(23)12-26-22/h2-6,9-10,12,27H,7-8,11,13,25H2,1H3. The van der Waals surface area contributed by atoms with Crippen LogP contribution in [-0.2, 0) is 29.5 Å². The molecule has 3 aromatic rings. The molecule has 0 bridgehead atoms. The SMILES string of the molecule is CS(=O)(=O)N1CCc2c(cccc2Nc2ccc(CN)c(-c3ncc(Cl)cc3F)c2)C1. The zero-order valence-corrected chi connectivity index (χ0v) is 18.5. The monoisotopic (exact) mass is 460 g/mol. The number of nitrogens with zero attached hydrogens (tertiary/aromatic N) is 2. The molecule has 0 fully saturated rings. The summed E-state index contributed by atoms with van der Waals surface area (Å²) in [6, 6.07) is 12.5. The van der Waals surface area contributed by atoms with Gasteiger partial charge in [0.25, 0.3) is 0 Å². The summed E-state index contributed by atoms with van der Waals surface area (Å²) >= 11 is 5.84. The van der Waals surface area contributed by atoms with E-state index in [1.54, 1.807) is 0 Å². The van der Waals surface area contributed by atoms with Crippen LogP contribution in [0.4, 0.5) is 15.8 Å². The van der Waals surface area contributed by atoms with Gasteiger partial charge in [0.05, 0.1) is 11.3 Å². The molecule has 0 atom stereocenters. The van der Waals surface area contributed by atoms with Crippen LogP contribution in [0.15, 0.2) is 48.7 Å². The minimum Gasteiger partial charge on any atom is -0.355 e. The van der Waals surface area contributed by atoms with Crippen molar-refractivity contribution in [2.24, 2.45) is 5.73 Å². The third-order valence-electron chi connectivity index (χ3n) is 5.37. The second-order valence-electron chi connectivity index (χ2n) is 7.47. The summed E-state index contributed by atoms with van der Waals surface area (Å²) in [6.45, 7) is 1.02. The minimum atomic E-state index is -3.24. The maximum Gasteiger partial charge on any atom is 0.211 e. The van der Waals surface area contributed by atoms with Crippen LogP contribution < -0.4 is 11.1 Å². The number of nitrogens with two attached hydrogens (primary N) is 1. The molecule has 1 aliphatic rings. The van der Waals surface area contributed by atoms with Gasteiger partial charge >= 0.3 is 0 Å². The first-order chi connectivity index (χ1) is 14.8. The van der Waals surface area contributed by atoms with Gasteiger partial charge < -0.3 is 11.1 Å². The summed E-state index contributed by atoms with van der Waals surface area (Å²) in [5.74, 6) is -0.516. The molecular formula is C22H22ClFN4O2S. The fourth-order valence-corrected chi connectivity index (χ4v) is 4.75. The molecule has 1 aromatic heterocycles. The van der Waals surface area contributed by atoms with Crippen molar-refractivity contribution in [3.8, 4) is 11.3 Å². The van der Waals surface area contributed by atoms with E-state index in [1.165, 1.54) is 22.8 Å². The molecule has 162 valence electrons. The largest absolute Gasteiger partial charge is 0.355 e. The Bertz CT molecular complexity index is 1250. The summed E-state index contributed by atoms with van der Waals surface area (Å²) < 4.78 is 39.8. The lowest BCUT2D eigenvalue weighted by Crippen LogP contribution is -2.35. The Hall–Kier alpha value is -2.52. The fraction of sp³-hybridized carbons (Fsp3) is 0.227. The van der Waals surface area contributed by atoms with Crippen molar-refractivity contribution in [2.75, 3.05) is 18.1 Å². The van der Waals surface area contributed by atoms with E-state index in [0.29, 0.717) is 25.1 Å². The molecule has 9 heteroatoms. The highest BCUT2D eigenvalue weighted by molar-refractivity contribution is 7.88. The molecule has 2 heterocycles. The topological polar surface area (TPSA) is 88.3 Å². The zero-order chi connectivity index (χ0) is 22.2. The first kappa shape index (κ1) is 21.7. The van der Waals surface area contributed by atoms with Crippen molar-refractivity contribution in [3.63, 3.8) is 0 Å². The van der Waals surface area contributed by atoms with Crippen LogP contribution in [0.5, 0.6) is 0 Å². The van der Waals surface area contributed by atoms with Crippen molar-refractivity contribution in [2.45, 2.75) is 19.5 Å². The molecule has 1 aliphatic heterocycles. The van der Waals surface area contributed by atoms with E-state index in [0.717, 1.165) is 28.1 Å². The van der Waals surface area contributed by atoms with Crippen molar-refractivity contribution < 1.29 is 12.8 Å². The molecule has 2 aromatic carbocycles. The van der Waals surface area contributed by atoms with Crippen LogP contribution in [-0.4, -0.2) is 30.5 Å². The van der Waals surface area contributed by atoms with Gasteiger partial charge in [0.2, 0.25) is 10.0 Å². The van der Waals surface area contributed by atoms with Crippen molar-refractivity contribution >= 4 is 33.0 Å². The highest BCUT2D eigenvalue weighted by Crippen LogP contribution is 2.33. The number of nitrogens with one attached hydrogen (secondary N) is 1. The number of halogens is 2. The predicted molar refractivity (Wildman–Crippen MR) is 121 cm³/mol. The Morgan fingerprint density at radius 2 is 2.06 bits per heavy atom. The van der Waals surface area contributed by atoms with E-state index in [1.807, 2.05) is 36.4 Å². The number of anilines is 2. The summed E-state index contributed by atoms with van der Waals surface area (Å²) in [6.07, 6.45) is 3.23. The van der Waals surface area contributed by atoms with Gasteiger partial charge in [-0.15, -0.1) is 0 Å². The van der Waals surface area contributed by atoms with E-state index in [-0.39, 0.29) is 17.3 Å². The van der Waals surface area contributed by atoms with Gasteiger partial charge in [-0.3, -0.25) is 4.98 Å². The Labute approximate surface area is 185 Å². The van der Waals surface area contributed by atoms with Gasteiger partial charge in [0.1, 0.15) is 5.69 Å². The van der Waals surface area contributed by atoms with Gasteiger partial charge in [-0.2, -0.15) is 4.31 Å². The second-order valence-corrected chi connectivity index (χ2v) is 9.89. The van der Waals surface area contributed by atoms with Crippen LogP contribution in [0.2, 0.25) is 5.02 Å². The molecule has 6 nitrogen and oxygen atoms in total. The summed E-state index contributed by atoms with van der Waals surface area (Å²) in [4.78, 5) is 4.15. The zero-order valence-electron chi connectivity index (χ0n) is 16.9. The van der Waals surface area contributed by atoms with Crippen LogP contribution in [0.1, 0.15) is 16.7 Å². The molecular weight excluding hydrogens is 439 g/mol. The van der Waals surface area contributed by atoms with Crippen molar-refractivity contribution in [3.05, 3.63) is 76.2 Å². The van der Waals surface area contributed by atoms with Crippen LogP contribution in [0.25, 0.3) is 11.3 Å². The maximum absolute atomic E-state index is 14.5. The Morgan fingerprint density at radius 1 is 1.26 bits per heavy atom. The molecule has 0 saturated carbocycles. The third-order valence-corrected chi connectivity index (χ3v) is 6.83. The molecule has 0 saturated heterocycles. The van der Waals surface area contributed by atoms with E-state index in [2.05, 4.69) is 10.3 Å². The van der Waals surface area contributed by atoms with Gasteiger partial charge in [0, 0.05) is 42.8 Å². The first-order valence-corrected chi connectivity index (χ1v) is 12.0. The summed E-state index contributed by atoms with van der Waals surface area (Å²) in [7, 11) is -3.24. The van der Waals surface area contributed by atoms with Gasteiger partial charge in [-0.25, -0.2) is 12.8 Å². The Morgan fingerprint density at radius 3 is 2.77 bits per heavy atom. The Kier molecular flexibility index (Phi) is 5.98. The van der Waals surface area contributed by atoms with E-state index in [9.17, 15) is 12.8 Å². The second kappa shape index (κ2) is 8.55. The molecule has 0 spiro atoms. The maximum atomic E-state index is 14.5. The van der Waals surface area contributed by atoms with Crippen LogP contribution >= 0.6 is 11.6 Å². The van der Waals surface area contributed by atoms with Gasteiger partial charge in [0.15, 0.2) is 5.82 Å². The quantitative estimate of drug-likeness (QED) is 0.599. The lowest BCUT2D eigenvalue weighted by molar-refractivity contribution is 0.395. The predicted octanol–water partition coefficient (Wildman–Crippen LogP) is 4.06. The fourth-order valence-electron chi connectivity index (χ4n) is 3.80. The smallest absolute Gasteiger partial charge is 0.211 e. The van der Waals surface area contributed by atoms with Crippen molar-refractivity contribution in [1.29, 1.82) is 0 Å². The highest BCUT2D eigenvalue weighted by Gasteiger charge is 2.24. The summed E-state index contributed by atoms with van der Waals surface area (Å²) in [5.41, 5.74) is 11.1. The van der Waals surface area contributed by atoms with E-state index >= 15 is 0 Å². The lowest BCUT2D eigenvalue weighted by Gasteiger charge is -2.28. The number of fused-ring (bicyclic) bond motifs is 1. The average molecular weight is 461 g/mol. The number of sulfonamides is 1. The molecule has 0 unspecified atom stereocenters. The third kappa shape index (κ3) is 4.57. The highest BCUT2D eigenvalue weighted by atomic mass is 35.5. The van der Waals surface area contributed by atoms with Gasteiger partial charge in [-0.05, 0) is 47.4 Å². The average Bonchev–Trinajstić information content (AvgIpc) is 2.73. The summed E-state index contributed by atoms with van der Waals surface area (Å²) in [5, 5.41) is 3.62. The normalized spacial score (nSPS) is 14.3. The van der Waals surface area contributed by atoms with E-state index in [4.69, 9.17) is 17.3 Å². The number of benzene rings is 2. The van der Waals surface area contributed by atoms with Crippen LogP contribution in [0, 0.1) is 5.82 Å². The molecule has 3 N–H and O–H groups in total. The minimum absolute atomic E-state index is 0.187. The lowest BCUT2D eigenvalue weighted by atomic mass is 9.98. The van der Waals surface area contributed by atoms with E-state index < -0.39 is 15.8 Å². The molecule has 0 aliphatic carbocycles. The number of rotatable bonds is 5. The molecule has 4 rings (SSSR count). The molecule has 0 radical (unpaired) electrons. The molecule has 0 amide bonds. The number of pyridine rings is 1. The van der Waals surface area contributed by atoms with Crippen molar-refractivity contribution in [1.82, 2.24) is 9.29 Å².